The lowest BCUT2D eigenvalue weighted by atomic mass is 9.80. The maximum absolute atomic E-state index is 12.5. The van der Waals surface area contributed by atoms with Crippen LogP contribution in [0.5, 0.6) is 0 Å². The third-order valence-corrected chi connectivity index (χ3v) is 2.83. The van der Waals surface area contributed by atoms with Crippen molar-refractivity contribution in [1.82, 2.24) is 5.32 Å². The molecule has 82 valence electrons. The monoisotopic (exact) mass is 205 g/mol. The Hall–Kier alpha value is -0.670. The molecule has 1 atom stereocenters. The minimum atomic E-state index is -2.61. The highest BCUT2D eigenvalue weighted by molar-refractivity contribution is 5.80. The van der Waals surface area contributed by atoms with E-state index in [0.29, 0.717) is 5.92 Å². The van der Waals surface area contributed by atoms with Crippen molar-refractivity contribution >= 4 is 5.91 Å². The van der Waals surface area contributed by atoms with Crippen molar-refractivity contribution in [3.05, 3.63) is 0 Å². The van der Waals surface area contributed by atoms with Crippen molar-refractivity contribution in [2.75, 3.05) is 0 Å². The van der Waals surface area contributed by atoms with Gasteiger partial charge in [0.25, 0.3) is 0 Å². The van der Waals surface area contributed by atoms with E-state index < -0.39 is 11.8 Å². The summed E-state index contributed by atoms with van der Waals surface area (Å²) in [4.78, 5) is 11.4. The summed E-state index contributed by atoms with van der Waals surface area (Å²) in [5.74, 6) is -2.98. The summed E-state index contributed by atoms with van der Waals surface area (Å²) in [5, 5.41) is 2.75. The van der Waals surface area contributed by atoms with E-state index in [-0.39, 0.29) is 24.8 Å². The second kappa shape index (κ2) is 3.83. The molecule has 1 N–H and O–H groups in total. The minimum Gasteiger partial charge on any atom is -0.353 e. The molecule has 0 spiro atoms. The predicted octanol–water partition coefficient (Wildman–Crippen LogP) is 2.19. The topological polar surface area (TPSA) is 29.1 Å². The lowest BCUT2D eigenvalue weighted by Gasteiger charge is -2.34. The summed E-state index contributed by atoms with van der Waals surface area (Å²) in [7, 11) is 0. The van der Waals surface area contributed by atoms with Crippen LogP contribution < -0.4 is 5.32 Å². The molecule has 1 fully saturated rings. The van der Waals surface area contributed by atoms with Gasteiger partial charge in [0.1, 0.15) is 0 Å². The molecule has 1 amide bonds. The highest BCUT2D eigenvalue weighted by atomic mass is 19.3. The molecule has 0 aromatic carbocycles. The summed E-state index contributed by atoms with van der Waals surface area (Å²) in [6.07, 6.45) is -0.576. The second-order valence-corrected chi connectivity index (χ2v) is 4.50. The first-order valence-corrected chi connectivity index (χ1v) is 5.00. The molecular weight excluding hydrogens is 188 g/mol. The van der Waals surface area contributed by atoms with Gasteiger partial charge in [-0.1, -0.05) is 13.8 Å². The summed E-state index contributed by atoms with van der Waals surface area (Å²) < 4.78 is 24.9. The highest BCUT2D eigenvalue weighted by Gasteiger charge is 2.48. The molecule has 1 aliphatic carbocycles. The van der Waals surface area contributed by atoms with Crippen molar-refractivity contribution in [3.8, 4) is 0 Å². The van der Waals surface area contributed by atoms with Crippen LogP contribution in [0.1, 0.15) is 33.6 Å². The average molecular weight is 205 g/mol. The number of rotatable bonds is 3. The average Bonchev–Trinajstić information content (AvgIpc) is 1.99. The van der Waals surface area contributed by atoms with Crippen LogP contribution in [0.25, 0.3) is 0 Å². The molecule has 0 aliphatic heterocycles. The largest absolute Gasteiger partial charge is 0.353 e. The number of carbonyl (C=O) groups is 1. The zero-order valence-corrected chi connectivity index (χ0v) is 8.81. The van der Waals surface area contributed by atoms with Gasteiger partial charge in [-0.3, -0.25) is 4.79 Å². The van der Waals surface area contributed by atoms with E-state index in [1.54, 1.807) is 0 Å². The maximum atomic E-state index is 12.5. The van der Waals surface area contributed by atoms with Gasteiger partial charge < -0.3 is 5.32 Å². The summed E-state index contributed by atoms with van der Waals surface area (Å²) in [5.41, 5.74) is 0. The third-order valence-electron chi connectivity index (χ3n) is 2.83. The number of nitrogens with one attached hydrogen (secondary N) is 1. The fraction of sp³-hybridized carbons (Fsp3) is 0.900. The Kier molecular flexibility index (Phi) is 3.12. The van der Waals surface area contributed by atoms with Crippen molar-refractivity contribution in [3.63, 3.8) is 0 Å². The third kappa shape index (κ3) is 2.66. The first-order chi connectivity index (χ1) is 6.32. The molecule has 0 radical (unpaired) electrons. The summed E-state index contributed by atoms with van der Waals surface area (Å²) >= 11 is 0. The zero-order chi connectivity index (χ0) is 10.9. The number of alkyl halides is 2. The first kappa shape index (κ1) is 11.4. The van der Waals surface area contributed by atoms with Gasteiger partial charge in [-0.05, 0) is 12.8 Å². The maximum Gasteiger partial charge on any atom is 0.249 e. The predicted molar refractivity (Wildman–Crippen MR) is 50.1 cm³/mol. The molecule has 14 heavy (non-hydrogen) atoms. The smallest absolute Gasteiger partial charge is 0.249 e. The van der Waals surface area contributed by atoms with Gasteiger partial charge in [-0.15, -0.1) is 0 Å². The Morgan fingerprint density at radius 1 is 1.36 bits per heavy atom. The van der Waals surface area contributed by atoms with E-state index in [1.165, 1.54) is 0 Å². The molecule has 1 rings (SSSR count). The Labute approximate surface area is 83.1 Å². The highest BCUT2D eigenvalue weighted by Crippen LogP contribution is 2.42. The van der Waals surface area contributed by atoms with Crippen LogP contribution in [0, 0.1) is 11.8 Å². The zero-order valence-electron chi connectivity index (χ0n) is 8.81. The van der Waals surface area contributed by atoms with Gasteiger partial charge in [0, 0.05) is 24.8 Å². The number of hydrogen-bond donors (Lipinski definition) is 1. The molecule has 0 bridgehead atoms. The van der Waals surface area contributed by atoms with Crippen molar-refractivity contribution in [2.45, 2.75) is 45.6 Å². The standard InChI is InChI=1S/C10H17F2NO/c1-6(2)7(3)13-9(14)8-4-10(11,12)5-8/h6-8H,4-5H2,1-3H3,(H,13,14)/t7-/m1/s1. The number of carbonyl (C=O) groups excluding carboxylic acids is 1. The number of halogens is 2. The van der Waals surface area contributed by atoms with E-state index in [2.05, 4.69) is 5.32 Å². The van der Waals surface area contributed by atoms with E-state index in [1.807, 2.05) is 20.8 Å². The SMILES string of the molecule is CC(C)[C@@H](C)NC(=O)C1CC(F)(F)C1. The van der Waals surface area contributed by atoms with Crippen LogP contribution >= 0.6 is 0 Å². The molecular formula is C10H17F2NO. The Bertz CT molecular complexity index is 220. The summed E-state index contributed by atoms with van der Waals surface area (Å²) in [6.45, 7) is 5.86. The molecule has 0 saturated heterocycles. The van der Waals surface area contributed by atoms with Gasteiger partial charge in [0.2, 0.25) is 11.8 Å². The molecule has 0 heterocycles. The van der Waals surface area contributed by atoms with Gasteiger partial charge >= 0.3 is 0 Å². The van der Waals surface area contributed by atoms with Crippen LogP contribution in [0.3, 0.4) is 0 Å². The fourth-order valence-corrected chi connectivity index (χ4v) is 1.36. The molecule has 0 aromatic heterocycles. The van der Waals surface area contributed by atoms with E-state index >= 15 is 0 Å². The minimum absolute atomic E-state index is 0.0525. The molecule has 4 heteroatoms. The molecule has 1 saturated carbocycles. The van der Waals surface area contributed by atoms with Gasteiger partial charge in [0.15, 0.2) is 0 Å². The number of hydrogen-bond acceptors (Lipinski definition) is 1. The first-order valence-electron chi connectivity index (χ1n) is 5.00. The quantitative estimate of drug-likeness (QED) is 0.751. The van der Waals surface area contributed by atoms with E-state index in [9.17, 15) is 13.6 Å². The fourth-order valence-electron chi connectivity index (χ4n) is 1.36. The molecule has 2 nitrogen and oxygen atoms in total. The van der Waals surface area contributed by atoms with Crippen LogP contribution in [0.2, 0.25) is 0 Å². The van der Waals surface area contributed by atoms with Crippen molar-refractivity contribution in [2.24, 2.45) is 11.8 Å². The normalized spacial score (nSPS) is 23.0. The van der Waals surface area contributed by atoms with Crippen molar-refractivity contribution < 1.29 is 13.6 Å². The van der Waals surface area contributed by atoms with Crippen molar-refractivity contribution in [1.29, 1.82) is 0 Å². The van der Waals surface area contributed by atoms with Crippen LogP contribution in [0.4, 0.5) is 8.78 Å². The van der Waals surface area contributed by atoms with Crippen LogP contribution in [-0.4, -0.2) is 17.9 Å². The molecule has 1 aliphatic rings. The van der Waals surface area contributed by atoms with Gasteiger partial charge in [0.05, 0.1) is 0 Å². The Balaban J connectivity index is 2.31. The molecule has 0 aromatic rings. The lowest BCUT2D eigenvalue weighted by molar-refractivity contribution is -0.150. The number of amides is 1. The van der Waals surface area contributed by atoms with Gasteiger partial charge in [-0.25, -0.2) is 8.78 Å². The molecule has 0 unspecified atom stereocenters. The van der Waals surface area contributed by atoms with Crippen LogP contribution in [-0.2, 0) is 4.79 Å². The Morgan fingerprint density at radius 2 is 1.86 bits per heavy atom. The van der Waals surface area contributed by atoms with E-state index in [0.717, 1.165) is 0 Å². The second-order valence-electron chi connectivity index (χ2n) is 4.50. The summed E-state index contributed by atoms with van der Waals surface area (Å²) in [6, 6.07) is 0.0525. The Morgan fingerprint density at radius 3 is 2.21 bits per heavy atom. The van der Waals surface area contributed by atoms with Gasteiger partial charge in [-0.2, -0.15) is 0 Å². The lowest BCUT2D eigenvalue weighted by Crippen LogP contribution is -2.48. The van der Waals surface area contributed by atoms with E-state index in [4.69, 9.17) is 0 Å². The van der Waals surface area contributed by atoms with Crippen LogP contribution in [0.15, 0.2) is 0 Å².